The third-order valence-electron chi connectivity index (χ3n) is 1.73. The van der Waals surface area contributed by atoms with Gasteiger partial charge in [-0.2, -0.15) is 5.26 Å². The molecule has 1 rings (SSSR count). The van der Waals surface area contributed by atoms with Crippen molar-refractivity contribution < 1.29 is 0 Å². The van der Waals surface area contributed by atoms with Gasteiger partial charge in [0.15, 0.2) is 0 Å². The lowest BCUT2D eigenvalue weighted by Gasteiger charge is -2.07. The van der Waals surface area contributed by atoms with Gasteiger partial charge in [-0.15, -0.1) is 0 Å². The molecule has 0 bridgehead atoms. The third-order valence-corrected chi connectivity index (χ3v) is 2.22. The molecule has 0 saturated heterocycles. The van der Waals surface area contributed by atoms with E-state index in [9.17, 15) is 0 Å². The number of nitriles is 1. The van der Waals surface area contributed by atoms with Crippen LogP contribution in [0, 0.1) is 11.3 Å². The van der Waals surface area contributed by atoms with Crippen molar-refractivity contribution in [2.24, 2.45) is 5.73 Å². The predicted molar refractivity (Wildman–Crippen MR) is 56.2 cm³/mol. The van der Waals surface area contributed by atoms with E-state index in [1.165, 1.54) is 0 Å². The molecule has 0 amide bonds. The van der Waals surface area contributed by atoms with E-state index in [-0.39, 0.29) is 6.04 Å². The number of nitrogens with two attached hydrogens (primary N) is 1. The summed E-state index contributed by atoms with van der Waals surface area (Å²) < 4.78 is 0.988. The second kappa shape index (κ2) is 4.40. The Morgan fingerprint density at radius 2 is 2.31 bits per heavy atom. The van der Waals surface area contributed by atoms with Gasteiger partial charge in [0.1, 0.15) is 0 Å². The fraction of sp³-hybridized carbons (Fsp3) is 0.300. The molecule has 0 fully saturated rings. The van der Waals surface area contributed by atoms with Crippen molar-refractivity contribution in [1.82, 2.24) is 0 Å². The lowest BCUT2D eigenvalue weighted by atomic mass is 10.0. The summed E-state index contributed by atoms with van der Waals surface area (Å²) in [6.07, 6.45) is 0.738. The smallest absolute Gasteiger partial charge is 0.0994 e. The monoisotopic (exact) mass is 238 g/mol. The first kappa shape index (κ1) is 10.2. The summed E-state index contributed by atoms with van der Waals surface area (Å²) in [4.78, 5) is 0. The van der Waals surface area contributed by atoms with E-state index in [4.69, 9.17) is 11.0 Å². The Kier molecular flexibility index (Phi) is 3.47. The van der Waals surface area contributed by atoms with Gasteiger partial charge in [-0.05, 0) is 37.1 Å². The summed E-state index contributed by atoms with van der Waals surface area (Å²) in [6.45, 7) is 1.93. The van der Waals surface area contributed by atoms with Crippen molar-refractivity contribution in [3.8, 4) is 6.07 Å². The second-order valence-corrected chi connectivity index (χ2v) is 4.01. The molecule has 68 valence electrons. The standard InChI is InChI=1S/C10H11BrN2/c1-7(13)4-9-5-10(11)3-2-8(9)6-12/h2-3,5,7H,4,13H2,1H3/t7-/m1/s1. The van der Waals surface area contributed by atoms with Gasteiger partial charge in [-0.3, -0.25) is 0 Å². The minimum absolute atomic E-state index is 0.0846. The average molecular weight is 239 g/mol. The summed E-state index contributed by atoms with van der Waals surface area (Å²) in [6, 6.07) is 7.85. The molecular formula is C10H11BrN2. The molecule has 1 atom stereocenters. The van der Waals surface area contributed by atoms with Crippen LogP contribution in [-0.4, -0.2) is 6.04 Å². The first-order valence-corrected chi connectivity index (χ1v) is 4.87. The van der Waals surface area contributed by atoms with Crippen molar-refractivity contribution in [3.05, 3.63) is 33.8 Å². The van der Waals surface area contributed by atoms with Gasteiger partial charge < -0.3 is 5.73 Å². The van der Waals surface area contributed by atoms with Crippen LogP contribution in [0.5, 0.6) is 0 Å². The number of benzene rings is 1. The molecule has 0 unspecified atom stereocenters. The third kappa shape index (κ3) is 2.83. The van der Waals surface area contributed by atoms with E-state index >= 15 is 0 Å². The molecule has 13 heavy (non-hydrogen) atoms. The van der Waals surface area contributed by atoms with Gasteiger partial charge in [-0.25, -0.2) is 0 Å². The molecular weight excluding hydrogens is 228 g/mol. The average Bonchev–Trinajstić information content (AvgIpc) is 2.03. The lowest BCUT2D eigenvalue weighted by Crippen LogP contribution is -2.18. The number of halogens is 1. The summed E-state index contributed by atoms with van der Waals surface area (Å²) >= 11 is 3.37. The van der Waals surface area contributed by atoms with Crippen molar-refractivity contribution in [1.29, 1.82) is 5.26 Å². The molecule has 0 spiro atoms. The normalized spacial score (nSPS) is 12.2. The SMILES string of the molecule is C[C@@H](N)Cc1cc(Br)ccc1C#N. The van der Waals surface area contributed by atoms with Crippen LogP contribution in [0.25, 0.3) is 0 Å². The molecule has 2 N–H and O–H groups in total. The first-order valence-electron chi connectivity index (χ1n) is 4.07. The number of hydrogen-bond donors (Lipinski definition) is 1. The fourth-order valence-electron chi connectivity index (χ4n) is 1.19. The first-order chi connectivity index (χ1) is 6.13. The highest BCUT2D eigenvalue weighted by atomic mass is 79.9. The van der Waals surface area contributed by atoms with Gasteiger partial charge >= 0.3 is 0 Å². The van der Waals surface area contributed by atoms with Crippen molar-refractivity contribution >= 4 is 15.9 Å². The predicted octanol–water partition coefficient (Wildman–Crippen LogP) is 2.21. The maximum absolute atomic E-state index is 8.82. The number of rotatable bonds is 2. The number of nitrogens with zero attached hydrogens (tertiary/aromatic N) is 1. The number of hydrogen-bond acceptors (Lipinski definition) is 2. The Morgan fingerprint density at radius 3 is 2.85 bits per heavy atom. The van der Waals surface area contributed by atoms with Crippen LogP contribution in [0.4, 0.5) is 0 Å². The van der Waals surface area contributed by atoms with Gasteiger partial charge in [-0.1, -0.05) is 15.9 Å². The van der Waals surface area contributed by atoms with Crippen molar-refractivity contribution in [2.45, 2.75) is 19.4 Å². The summed E-state index contributed by atoms with van der Waals surface area (Å²) in [5.41, 5.74) is 7.39. The van der Waals surface area contributed by atoms with Crippen LogP contribution in [0.3, 0.4) is 0 Å². The maximum atomic E-state index is 8.82. The maximum Gasteiger partial charge on any atom is 0.0994 e. The Bertz CT molecular complexity index is 339. The molecule has 0 radical (unpaired) electrons. The Hall–Kier alpha value is -0.850. The topological polar surface area (TPSA) is 49.8 Å². The van der Waals surface area contributed by atoms with E-state index in [0.29, 0.717) is 5.56 Å². The zero-order valence-corrected chi connectivity index (χ0v) is 9.01. The molecule has 1 aromatic carbocycles. The molecule has 0 aromatic heterocycles. The summed E-state index contributed by atoms with van der Waals surface area (Å²) in [5.74, 6) is 0. The van der Waals surface area contributed by atoms with Gasteiger partial charge in [0.25, 0.3) is 0 Å². The molecule has 0 aliphatic heterocycles. The molecule has 0 saturated carbocycles. The summed E-state index contributed by atoms with van der Waals surface area (Å²) in [7, 11) is 0. The van der Waals surface area contributed by atoms with E-state index in [1.54, 1.807) is 0 Å². The quantitative estimate of drug-likeness (QED) is 0.860. The zero-order chi connectivity index (χ0) is 9.84. The van der Waals surface area contributed by atoms with E-state index in [2.05, 4.69) is 22.0 Å². The second-order valence-electron chi connectivity index (χ2n) is 3.09. The van der Waals surface area contributed by atoms with E-state index < -0.39 is 0 Å². The zero-order valence-electron chi connectivity index (χ0n) is 7.42. The Labute approximate surface area is 86.5 Å². The minimum Gasteiger partial charge on any atom is -0.328 e. The Balaban J connectivity index is 3.03. The van der Waals surface area contributed by atoms with E-state index in [0.717, 1.165) is 16.5 Å². The summed E-state index contributed by atoms with van der Waals surface area (Å²) in [5, 5.41) is 8.82. The molecule has 1 aromatic rings. The largest absolute Gasteiger partial charge is 0.328 e. The fourth-order valence-corrected chi connectivity index (χ4v) is 1.60. The van der Waals surface area contributed by atoms with Crippen LogP contribution in [0.1, 0.15) is 18.1 Å². The van der Waals surface area contributed by atoms with Crippen molar-refractivity contribution in [2.75, 3.05) is 0 Å². The molecule has 3 heteroatoms. The van der Waals surface area contributed by atoms with Gasteiger partial charge in [0, 0.05) is 10.5 Å². The van der Waals surface area contributed by atoms with Crippen LogP contribution in [-0.2, 0) is 6.42 Å². The molecule has 0 aliphatic carbocycles. The van der Waals surface area contributed by atoms with Gasteiger partial charge in [0.05, 0.1) is 11.6 Å². The molecule has 0 aliphatic rings. The highest BCUT2D eigenvalue weighted by Gasteiger charge is 2.04. The highest BCUT2D eigenvalue weighted by molar-refractivity contribution is 9.10. The minimum atomic E-state index is 0.0846. The molecule has 0 heterocycles. The van der Waals surface area contributed by atoms with Crippen LogP contribution < -0.4 is 5.73 Å². The lowest BCUT2D eigenvalue weighted by molar-refractivity contribution is 0.736. The van der Waals surface area contributed by atoms with Gasteiger partial charge in [0.2, 0.25) is 0 Å². The van der Waals surface area contributed by atoms with E-state index in [1.807, 2.05) is 25.1 Å². The van der Waals surface area contributed by atoms with Crippen LogP contribution >= 0.6 is 15.9 Å². The molecule has 2 nitrogen and oxygen atoms in total. The van der Waals surface area contributed by atoms with Crippen LogP contribution in [0.15, 0.2) is 22.7 Å². The van der Waals surface area contributed by atoms with Crippen molar-refractivity contribution in [3.63, 3.8) is 0 Å². The Morgan fingerprint density at radius 1 is 1.62 bits per heavy atom. The van der Waals surface area contributed by atoms with Crippen LogP contribution in [0.2, 0.25) is 0 Å². The highest BCUT2D eigenvalue weighted by Crippen LogP contribution is 2.17.